The van der Waals surface area contributed by atoms with Crippen LogP contribution in [0.2, 0.25) is 0 Å². The van der Waals surface area contributed by atoms with Crippen LogP contribution in [0.1, 0.15) is 36.8 Å². The molecule has 0 amide bonds. The quantitative estimate of drug-likeness (QED) is 0.356. The Morgan fingerprint density at radius 2 is 0.943 bits per heavy atom. The average Bonchev–Trinajstić information content (AvgIpc) is 2.86. The molecule has 0 aliphatic carbocycles. The molecule has 6 fully saturated rings. The molecular weight excluding hydrogens is 564 g/mol. The number of hydrogen-bond acceptors (Lipinski definition) is 1. The summed E-state index contributed by atoms with van der Waals surface area (Å²) < 4.78 is 9.14. The van der Waals surface area contributed by atoms with Gasteiger partial charge in [0.1, 0.15) is 0 Å². The van der Waals surface area contributed by atoms with Crippen molar-refractivity contribution in [2.75, 3.05) is 52.7 Å². The van der Waals surface area contributed by atoms with E-state index in [1.807, 2.05) is 0 Å². The van der Waals surface area contributed by atoms with Crippen LogP contribution in [0.15, 0.2) is 60.7 Å². The average molecular weight is 606 g/mol. The van der Waals surface area contributed by atoms with Crippen LogP contribution >= 0.6 is 0 Å². The predicted octanol–water partition coefficient (Wildman–Crippen LogP) is -0.875. The predicted molar refractivity (Wildman–Crippen MR) is 133 cm³/mol. The van der Waals surface area contributed by atoms with Crippen molar-refractivity contribution >= 4 is 0 Å². The Kier molecular flexibility index (Phi) is 9.19. The molecule has 6 aliphatic heterocycles. The van der Waals surface area contributed by atoms with Gasteiger partial charge in [0.2, 0.25) is 0 Å². The topological polar surface area (TPSA) is 9.23 Å². The van der Waals surface area contributed by atoms with Gasteiger partial charge in [0.25, 0.3) is 0 Å². The lowest BCUT2D eigenvalue weighted by Crippen LogP contribution is -3.00. The highest BCUT2D eigenvalue weighted by Gasteiger charge is 2.48. The smallest absolute Gasteiger partial charge is 0.188 e. The van der Waals surface area contributed by atoms with Crippen LogP contribution in [0.4, 0.5) is 0 Å². The molecule has 0 saturated carbocycles. The van der Waals surface area contributed by atoms with Crippen LogP contribution in [0.25, 0.3) is 0 Å². The number of benzene rings is 2. The Labute approximate surface area is 233 Å². The normalized spacial score (nSPS) is 35.2. The van der Waals surface area contributed by atoms with Gasteiger partial charge < -0.3 is 42.9 Å². The van der Waals surface area contributed by atoms with Crippen molar-refractivity contribution in [2.24, 2.45) is 23.7 Å². The van der Waals surface area contributed by atoms with Gasteiger partial charge in [0, 0.05) is 37.5 Å². The highest BCUT2D eigenvalue weighted by atomic mass is 79.9. The third-order valence-corrected chi connectivity index (χ3v) is 9.89. The van der Waals surface area contributed by atoms with Crippen molar-refractivity contribution in [1.29, 1.82) is 0 Å². The molecule has 35 heavy (non-hydrogen) atoms. The minimum absolute atomic E-state index is 0. The number of ether oxygens (including phenoxy) is 1. The molecule has 2 aromatic rings. The van der Waals surface area contributed by atoms with E-state index < -0.39 is 0 Å². The van der Waals surface area contributed by atoms with E-state index in [9.17, 15) is 0 Å². The standard InChI is InChI=1S/C30H42N2O.2BrH/c1-3-7-25(8-4-1)19-29-21-31(15-11-27(29)12-16-31)23-33-24-32-17-13-28(14-18-32)30(22-32)20-26-9-5-2-6-10-26;;/h1-10,27-30H,11-24H2;2*1H/q+2;;/p-2. The maximum atomic E-state index is 6.69. The van der Waals surface area contributed by atoms with Gasteiger partial charge in [-0.3, -0.25) is 4.74 Å². The number of quaternary nitrogens is 2. The molecule has 2 unspecified atom stereocenters. The number of rotatable bonds is 8. The van der Waals surface area contributed by atoms with Crippen LogP contribution in [0.5, 0.6) is 0 Å². The summed E-state index contributed by atoms with van der Waals surface area (Å²) in [5, 5.41) is 0. The Morgan fingerprint density at radius 3 is 1.31 bits per heavy atom. The van der Waals surface area contributed by atoms with Crippen LogP contribution < -0.4 is 34.0 Å². The summed E-state index contributed by atoms with van der Waals surface area (Å²) in [5.41, 5.74) is 3.04. The van der Waals surface area contributed by atoms with E-state index in [2.05, 4.69) is 60.7 Å². The first-order valence-electron chi connectivity index (χ1n) is 13.6. The summed E-state index contributed by atoms with van der Waals surface area (Å²) >= 11 is 0. The molecule has 4 bridgehead atoms. The van der Waals surface area contributed by atoms with Gasteiger partial charge in [-0.1, -0.05) is 60.7 Å². The zero-order valence-electron chi connectivity index (χ0n) is 21.0. The second-order valence-corrected chi connectivity index (χ2v) is 12.0. The molecule has 2 atom stereocenters. The maximum absolute atomic E-state index is 6.69. The number of fused-ring (bicyclic) bond motifs is 6. The summed E-state index contributed by atoms with van der Waals surface area (Å²) in [4.78, 5) is 0. The van der Waals surface area contributed by atoms with Gasteiger partial charge >= 0.3 is 0 Å². The van der Waals surface area contributed by atoms with Crippen molar-refractivity contribution in [3.05, 3.63) is 71.8 Å². The maximum Gasteiger partial charge on any atom is 0.188 e. The number of halogens is 2. The van der Waals surface area contributed by atoms with Gasteiger partial charge in [0.05, 0.1) is 39.3 Å². The van der Waals surface area contributed by atoms with Crippen molar-refractivity contribution < 1.29 is 47.7 Å². The van der Waals surface area contributed by atoms with Gasteiger partial charge in [-0.25, -0.2) is 0 Å². The van der Waals surface area contributed by atoms with Crippen molar-refractivity contribution in [1.82, 2.24) is 0 Å². The molecule has 3 nitrogen and oxygen atoms in total. The molecule has 6 aliphatic rings. The third kappa shape index (κ3) is 6.06. The summed E-state index contributed by atoms with van der Waals surface area (Å²) in [6, 6.07) is 22.4. The van der Waals surface area contributed by atoms with E-state index in [-0.39, 0.29) is 34.0 Å². The Bertz CT molecular complexity index is 833. The third-order valence-electron chi connectivity index (χ3n) is 9.89. The van der Waals surface area contributed by atoms with Crippen LogP contribution in [0, 0.1) is 23.7 Å². The summed E-state index contributed by atoms with van der Waals surface area (Å²) in [6.07, 6.45) is 8.13. The lowest BCUT2D eigenvalue weighted by molar-refractivity contribution is -0.994. The van der Waals surface area contributed by atoms with Gasteiger partial charge in [-0.15, -0.1) is 0 Å². The molecule has 0 radical (unpaired) electrons. The Morgan fingerprint density at radius 1 is 0.571 bits per heavy atom. The minimum atomic E-state index is 0. The number of nitrogens with zero attached hydrogens (tertiary/aromatic N) is 2. The minimum Gasteiger partial charge on any atom is -1.00 e. The van der Waals surface area contributed by atoms with E-state index in [1.165, 1.54) is 97.9 Å². The van der Waals surface area contributed by atoms with Gasteiger partial charge in [-0.05, 0) is 35.8 Å². The Balaban J connectivity index is 0.00000144. The molecular formula is C30H42Br2N2O. The lowest BCUT2D eigenvalue weighted by Gasteiger charge is -2.54. The zero-order valence-corrected chi connectivity index (χ0v) is 24.2. The van der Waals surface area contributed by atoms with Gasteiger partial charge in [0.15, 0.2) is 13.5 Å². The summed E-state index contributed by atoms with van der Waals surface area (Å²) in [6.45, 7) is 9.93. The van der Waals surface area contributed by atoms with Crippen LogP contribution in [-0.4, -0.2) is 61.7 Å². The number of piperidine rings is 6. The van der Waals surface area contributed by atoms with Crippen LogP contribution in [0.3, 0.4) is 0 Å². The Hall–Kier alpha value is -0.720. The van der Waals surface area contributed by atoms with E-state index >= 15 is 0 Å². The second kappa shape index (κ2) is 11.8. The van der Waals surface area contributed by atoms with E-state index in [4.69, 9.17) is 4.74 Å². The van der Waals surface area contributed by atoms with Crippen molar-refractivity contribution in [3.63, 3.8) is 0 Å². The second-order valence-electron chi connectivity index (χ2n) is 12.0. The van der Waals surface area contributed by atoms with Gasteiger partial charge in [-0.2, -0.15) is 0 Å². The lowest BCUT2D eigenvalue weighted by atomic mass is 9.74. The molecule has 2 aromatic carbocycles. The first-order valence-corrected chi connectivity index (χ1v) is 13.6. The molecule has 192 valence electrons. The van der Waals surface area contributed by atoms with E-state index in [0.29, 0.717) is 0 Å². The SMILES string of the molecule is [Br-].[Br-].c1ccc(CC2C[N+]3(COC[N+]45CCC(CC4)C(Cc4ccccc4)C5)CCC2CC3)cc1. The largest absolute Gasteiger partial charge is 1.00 e. The highest BCUT2D eigenvalue weighted by Crippen LogP contribution is 2.41. The molecule has 8 rings (SSSR count). The number of hydrogen-bond donors (Lipinski definition) is 0. The molecule has 5 heteroatoms. The fourth-order valence-electron chi connectivity index (χ4n) is 7.96. The first-order chi connectivity index (χ1) is 16.2. The van der Waals surface area contributed by atoms with Crippen LogP contribution in [-0.2, 0) is 17.6 Å². The van der Waals surface area contributed by atoms with E-state index in [0.717, 1.165) is 37.1 Å². The molecule has 6 heterocycles. The first kappa shape index (κ1) is 27.3. The fourth-order valence-corrected chi connectivity index (χ4v) is 7.96. The molecule has 0 N–H and O–H groups in total. The van der Waals surface area contributed by atoms with Crippen molar-refractivity contribution in [3.8, 4) is 0 Å². The molecule has 0 spiro atoms. The highest BCUT2D eigenvalue weighted by molar-refractivity contribution is 5.16. The monoisotopic (exact) mass is 604 g/mol. The molecule has 6 saturated heterocycles. The zero-order chi connectivity index (χ0) is 22.1. The summed E-state index contributed by atoms with van der Waals surface area (Å²) in [5.74, 6) is 3.55. The van der Waals surface area contributed by atoms with Crippen molar-refractivity contribution in [2.45, 2.75) is 38.5 Å². The summed E-state index contributed by atoms with van der Waals surface area (Å²) in [7, 11) is 0. The fraction of sp³-hybridized carbons (Fsp3) is 0.600. The molecule has 0 aromatic heterocycles. The van der Waals surface area contributed by atoms with E-state index in [1.54, 1.807) is 0 Å².